The average Bonchev–Trinajstić information content (AvgIpc) is 3.27. The highest BCUT2D eigenvalue weighted by atomic mass is 16.6. The summed E-state index contributed by atoms with van der Waals surface area (Å²) in [4.78, 5) is 11.5. The SMILES string of the molecule is COCCCCC[C@@H]1CCc2cc([C@H]3CC[C@]4(COC(=O)N4)C3)ccc2C1. The second-order valence-corrected chi connectivity index (χ2v) is 8.90. The first-order chi connectivity index (χ1) is 13.2. The van der Waals surface area contributed by atoms with Crippen molar-refractivity contribution in [1.82, 2.24) is 5.32 Å². The highest BCUT2D eigenvalue weighted by Crippen LogP contribution is 2.43. The zero-order valence-corrected chi connectivity index (χ0v) is 16.6. The van der Waals surface area contributed by atoms with Gasteiger partial charge in [-0.3, -0.25) is 0 Å². The van der Waals surface area contributed by atoms with E-state index in [9.17, 15) is 4.79 Å². The number of carbonyl (C=O) groups excluding carboxylic acids is 1. The van der Waals surface area contributed by atoms with Gasteiger partial charge in [0.05, 0.1) is 5.54 Å². The Morgan fingerprint density at radius 2 is 2.15 bits per heavy atom. The molecule has 4 rings (SSSR count). The number of aryl methyl sites for hydroxylation is 1. The van der Waals surface area contributed by atoms with Gasteiger partial charge in [-0.25, -0.2) is 4.79 Å². The van der Waals surface area contributed by atoms with Gasteiger partial charge in [-0.15, -0.1) is 0 Å². The largest absolute Gasteiger partial charge is 0.447 e. The van der Waals surface area contributed by atoms with E-state index in [-0.39, 0.29) is 11.6 Å². The number of nitrogens with one attached hydrogen (secondary N) is 1. The number of cyclic esters (lactones) is 1. The summed E-state index contributed by atoms with van der Waals surface area (Å²) in [5.74, 6) is 1.40. The summed E-state index contributed by atoms with van der Waals surface area (Å²) in [6.45, 7) is 1.44. The average molecular weight is 372 g/mol. The molecule has 2 fully saturated rings. The van der Waals surface area contributed by atoms with Gasteiger partial charge in [0.25, 0.3) is 0 Å². The van der Waals surface area contributed by atoms with Crippen molar-refractivity contribution in [3.63, 3.8) is 0 Å². The second-order valence-electron chi connectivity index (χ2n) is 8.90. The number of benzene rings is 1. The molecule has 1 saturated carbocycles. The van der Waals surface area contributed by atoms with Gasteiger partial charge < -0.3 is 14.8 Å². The van der Waals surface area contributed by atoms with Crippen molar-refractivity contribution in [1.29, 1.82) is 0 Å². The predicted octanol–water partition coefficient (Wildman–Crippen LogP) is 4.74. The summed E-state index contributed by atoms with van der Waals surface area (Å²) < 4.78 is 10.3. The van der Waals surface area contributed by atoms with E-state index in [1.165, 1.54) is 50.5 Å². The van der Waals surface area contributed by atoms with Crippen LogP contribution in [0.4, 0.5) is 4.79 Å². The number of unbranched alkanes of at least 4 members (excludes halogenated alkanes) is 2. The maximum absolute atomic E-state index is 11.5. The molecule has 1 N–H and O–H groups in total. The number of hydrogen-bond acceptors (Lipinski definition) is 3. The third-order valence-corrected chi connectivity index (χ3v) is 6.95. The number of amides is 1. The number of rotatable bonds is 7. The zero-order valence-electron chi connectivity index (χ0n) is 16.6. The Labute approximate surface area is 163 Å². The van der Waals surface area contributed by atoms with E-state index in [1.54, 1.807) is 18.2 Å². The summed E-state index contributed by atoms with van der Waals surface area (Å²) in [6.07, 6.45) is 11.9. The molecule has 4 nitrogen and oxygen atoms in total. The van der Waals surface area contributed by atoms with E-state index < -0.39 is 0 Å². The van der Waals surface area contributed by atoms with Crippen molar-refractivity contribution in [2.45, 2.75) is 75.7 Å². The Morgan fingerprint density at radius 1 is 1.22 bits per heavy atom. The second kappa shape index (κ2) is 8.22. The van der Waals surface area contributed by atoms with Crippen molar-refractivity contribution < 1.29 is 14.3 Å². The molecule has 0 bridgehead atoms. The van der Waals surface area contributed by atoms with Crippen LogP contribution < -0.4 is 5.32 Å². The van der Waals surface area contributed by atoms with Crippen LogP contribution >= 0.6 is 0 Å². The molecule has 1 heterocycles. The quantitative estimate of drug-likeness (QED) is 0.704. The number of ether oxygens (including phenoxy) is 2. The fourth-order valence-electron chi connectivity index (χ4n) is 5.35. The molecule has 0 aromatic heterocycles. The molecular weight excluding hydrogens is 338 g/mol. The van der Waals surface area contributed by atoms with Crippen molar-refractivity contribution in [2.24, 2.45) is 5.92 Å². The van der Waals surface area contributed by atoms with E-state index >= 15 is 0 Å². The summed E-state index contributed by atoms with van der Waals surface area (Å²) >= 11 is 0. The lowest BCUT2D eigenvalue weighted by Gasteiger charge is -2.26. The fourth-order valence-corrected chi connectivity index (χ4v) is 5.35. The lowest BCUT2D eigenvalue weighted by Crippen LogP contribution is -2.40. The van der Waals surface area contributed by atoms with Gasteiger partial charge in [0.15, 0.2) is 0 Å². The number of fused-ring (bicyclic) bond motifs is 1. The first kappa shape index (κ1) is 18.8. The van der Waals surface area contributed by atoms with Crippen LogP contribution in [0.1, 0.15) is 74.0 Å². The summed E-state index contributed by atoms with van der Waals surface area (Å²) in [5, 5.41) is 3.06. The first-order valence-electron chi connectivity index (χ1n) is 10.7. The van der Waals surface area contributed by atoms with Crippen LogP contribution in [0.15, 0.2) is 18.2 Å². The van der Waals surface area contributed by atoms with Crippen LogP contribution in [-0.2, 0) is 22.3 Å². The molecule has 27 heavy (non-hydrogen) atoms. The smallest absolute Gasteiger partial charge is 0.407 e. The Balaban J connectivity index is 1.32. The molecule has 4 heteroatoms. The highest BCUT2D eigenvalue weighted by Gasteiger charge is 2.46. The van der Waals surface area contributed by atoms with Gasteiger partial charge in [0.1, 0.15) is 6.61 Å². The minimum absolute atomic E-state index is 0.106. The van der Waals surface area contributed by atoms with Crippen molar-refractivity contribution >= 4 is 6.09 Å². The zero-order chi connectivity index (χ0) is 18.7. The maximum atomic E-state index is 11.5. The van der Waals surface area contributed by atoms with Crippen molar-refractivity contribution in [3.05, 3.63) is 34.9 Å². The lowest BCUT2D eigenvalue weighted by molar-refractivity contribution is 0.172. The molecule has 0 radical (unpaired) electrons. The van der Waals surface area contributed by atoms with Gasteiger partial charge in [-0.2, -0.15) is 0 Å². The van der Waals surface area contributed by atoms with Crippen LogP contribution in [-0.4, -0.2) is 32.0 Å². The Kier molecular flexibility index (Phi) is 5.72. The van der Waals surface area contributed by atoms with Crippen LogP contribution in [0.3, 0.4) is 0 Å². The minimum Gasteiger partial charge on any atom is -0.447 e. The Bertz CT molecular complexity index is 674. The monoisotopic (exact) mass is 371 g/mol. The van der Waals surface area contributed by atoms with E-state index in [0.717, 1.165) is 31.8 Å². The number of alkyl carbamates (subject to hydrolysis) is 1. The first-order valence-corrected chi connectivity index (χ1v) is 10.7. The Hall–Kier alpha value is -1.55. The maximum Gasteiger partial charge on any atom is 0.407 e. The Morgan fingerprint density at radius 3 is 2.96 bits per heavy atom. The molecule has 1 saturated heterocycles. The molecule has 0 unspecified atom stereocenters. The number of hydrogen-bond donors (Lipinski definition) is 1. The van der Waals surface area contributed by atoms with Crippen molar-refractivity contribution in [3.8, 4) is 0 Å². The van der Waals surface area contributed by atoms with Crippen LogP contribution in [0, 0.1) is 5.92 Å². The highest BCUT2D eigenvalue weighted by molar-refractivity contribution is 5.70. The summed E-state index contributed by atoms with van der Waals surface area (Å²) in [6, 6.07) is 7.20. The van der Waals surface area contributed by atoms with Gasteiger partial charge >= 0.3 is 6.09 Å². The van der Waals surface area contributed by atoms with Crippen LogP contribution in [0.25, 0.3) is 0 Å². The summed E-state index contributed by atoms with van der Waals surface area (Å²) in [5.41, 5.74) is 4.49. The van der Waals surface area contributed by atoms with Gasteiger partial charge in [0.2, 0.25) is 0 Å². The van der Waals surface area contributed by atoms with Crippen LogP contribution in [0.5, 0.6) is 0 Å². The minimum atomic E-state index is -0.241. The molecule has 1 aromatic carbocycles. The number of carbonyl (C=O) groups is 1. The molecule has 1 amide bonds. The molecule has 1 spiro atoms. The lowest BCUT2D eigenvalue weighted by atomic mass is 9.79. The van der Waals surface area contributed by atoms with E-state index in [2.05, 4.69) is 23.5 Å². The van der Waals surface area contributed by atoms with E-state index in [0.29, 0.717) is 12.5 Å². The van der Waals surface area contributed by atoms with E-state index in [1.807, 2.05) is 0 Å². The van der Waals surface area contributed by atoms with Gasteiger partial charge in [-0.05, 0) is 73.5 Å². The molecule has 3 atom stereocenters. The number of methoxy groups -OCH3 is 1. The normalized spacial score (nSPS) is 29.6. The standard InChI is InChI=1S/C23H33NO3/c1-26-12-4-2-3-5-17-6-7-19-14-20(9-8-18(19)13-17)21-10-11-23(15-21)16-27-22(25)24-23/h8-9,14,17,21H,2-7,10-13,15-16H2,1H3,(H,24,25)/t17-,21+,23-/m1/s1. The molecule has 2 aliphatic carbocycles. The molecule has 1 aliphatic heterocycles. The molecule has 3 aliphatic rings. The van der Waals surface area contributed by atoms with Crippen LogP contribution in [0.2, 0.25) is 0 Å². The molecule has 148 valence electrons. The van der Waals surface area contributed by atoms with Gasteiger partial charge in [0, 0.05) is 13.7 Å². The van der Waals surface area contributed by atoms with E-state index in [4.69, 9.17) is 9.47 Å². The van der Waals surface area contributed by atoms with Gasteiger partial charge in [-0.1, -0.05) is 37.5 Å². The molecular formula is C23H33NO3. The molecule has 1 aromatic rings. The fraction of sp³-hybridized carbons (Fsp3) is 0.696. The third-order valence-electron chi connectivity index (χ3n) is 6.95. The van der Waals surface area contributed by atoms with Crippen molar-refractivity contribution in [2.75, 3.05) is 20.3 Å². The summed E-state index contributed by atoms with van der Waals surface area (Å²) in [7, 11) is 1.79. The third kappa shape index (κ3) is 4.31. The topological polar surface area (TPSA) is 47.6 Å². The predicted molar refractivity (Wildman–Crippen MR) is 106 cm³/mol.